The van der Waals surface area contributed by atoms with E-state index in [-0.39, 0.29) is 17.3 Å². The molecule has 5 rings (SSSR count). The minimum atomic E-state index is -0.212. The third kappa shape index (κ3) is 2.50. The van der Waals surface area contributed by atoms with Crippen molar-refractivity contribution in [2.75, 3.05) is 26.2 Å². The monoisotopic (exact) mass is 373 g/mol. The molecule has 2 N–H and O–H groups in total. The van der Waals surface area contributed by atoms with Crippen LogP contribution in [0.5, 0.6) is 0 Å². The number of quaternary nitrogens is 1. The largest absolute Gasteiger partial charge is 0.370 e. The number of nitrogens with zero attached hydrogens (tertiary/aromatic N) is 5. The molecule has 0 radical (unpaired) electrons. The number of aromatic nitrogens is 4. The van der Waals surface area contributed by atoms with Gasteiger partial charge in [0.2, 0.25) is 5.82 Å². The molecule has 136 valence electrons. The van der Waals surface area contributed by atoms with Gasteiger partial charge in [-0.1, -0.05) is 0 Å². The number of fused-ring (bicyclic) bond motifs is 5. The van der Waals surface area contributed by atoms with Gasteiger partial charge in [0.1, 0.15) is 11.2 Å². The van der Waals surface area contributed by atoms with Crippen molar-refractivity contribution >= 4 is 33.1 Å². The van der Waals surface area contributed by atoms with Crippen LogP contribution in [0.25, 0.3) is 15.9 Å². The van der Waals surface area contributed by atoms with Gasteiger partial charge in [0.25, 0.3) is 5.91 Å². The standard InChI is InChI=1S/C17H20N6O2S/c1-17(2)7-10-11(8-25-17)26-15-12(10)14-20-13(21-23(14)9-19-15)16(24)22-5-3-18-4-6-22/h9,18H,3-8H2,1-2H3/p+1. The Hall–Kier alpha value is -2.10. The van der Waals surface area contributed by atoms with Gasteiger partial charge in [0, 0.05) is 11.3 Å². The van der Waals surface area contributed by atoms with E-state index in [4.69, 9.17) is 4.74 Å². The summed E-state index contributed by atoms with van der Waals surface area (Å²) < 4.78 is 7.57. The summed E-state index contributed by atoms with van der Waals surface area (Å²) in [5.41, 5.74) is 1.74. The van der Waals surface area contributed by atoms with Crippen LogP contribution in [0.4, 0.5) is 0 Å². The molecule has 9 heteroatoms. The average molecular weight is 373 g/mol. The SMILES string of the molecule is CC1(C)Cc2c(sc3ncn4nc(C(=O)N5CC[NH2+]CC5)nc4c23)CO1. The number of ether oxygens (including phenoxy) is 1. The minimum Gasteiger partial charge on any atom is -0.370 e. The zero-order chi connectivity index (χ0) is 17.9. The summed E-state index contributed by atoms with van der Waals surface area (Å²) in [5.74, 6) is 0.162. The van der Waals surface area contributed by atoms with Crippen molar-refractivity contribution < 1.29 is 14.8 Å². The molecular weight excluding hydrogens is 352 g/mol. The van der Waals surface area contributed by atoms with Crippen LogP contribution in [0.1, 0.15) is 34.9 Å². The Morgan fingerprint density at radius 1 is 1.35 bits per heavy atom. The molecule has 1 saturated heterocycles. The fraction of sp³-hybridized carbons (Fsp3) is 0.529. The van der Waals surface area contributed by atoms with E-state index in [1.807, 2.05) is 4.90 Å². The lowest BCUT2D eigenvalue weighted by Crippen LogP contribution is -2.89. The predicted molar refractivity (Wildman–Crippen MR) is 96.3 cm³/mol. The molecule has 0 aromatic carbocycles. The summed E-state index contributed by atoms with van der Waals surface area (Å²) in [6.07, 6.45) is 2.46. The highest BCUT2D eigenvalue weighted by atomic mass is 32.1. The number of amides is 1. The van der Waals surface area contributed by atoms with Gasteiger partial charge in [0.05, 0.1) is 43.8 Å². The maximum absolute atomic E-state index is 12.8. The summed E-state index contributed by atoms with van der Waals surface area (Å²) in [7, 11) is 0. The van der Waals surface area contributed by atoms with E-state index in [0.717, 1.165) is 48.5 Å². The number of carbonyl (C=O) groups excluding carboxylic acids is 1. The van der Waals surface area contributed by atoms with Gasteiger partial charge in [-0.2, -0.15) is 0 Å². The Morgan fingerprint density at radius 3 is 2.96 bits per heavy atom. The van der Waals surface area contributed by atoms with Crippen molar-refractivity contribution in [1.29, 1.82) is 0 Å². The number of nitrogens with two attached hydrogens (primary N) is 1. The van der Waals surface area contributed by atoms with Crippen LogP contribution in [0.3, 0.4) is 0 Å². The number of rotatable bonds is 1. The van der Waals surface area contributed by atoms with Crippen LogP contribution in [0.15, 0.2) is 6.33 Å². The highest BCUT2D eigenvalue weighted by molar-refractivity contribution is 7.19. The second kappa shape index (κ2) is 5.70. The number of thiophene rings is 1. The molecule has 3 aromatic heterocycles. The highest BCUT2D eigenvalue weighted by Gasteiger charge is 2.31. The van der Waals surface area contributed by atoms with Crippen molar-refractivity contribution in [2.24, 2.45) is 0 Å². The fourth-order valence-electron chi connectivity index (χ4n) is 3.73. The molecule has 2 aliphatic heterocycles. The average Bonchev–Trinajstić information content (AvgIpc) is 3.21. The number of carbonyl (C=O) groups is 1. The van der Waals surface area contributed by atoms with E-state index in [1.54, 1.807) is 22.2 Å². The van der Waals surface area contributed by atoms with Gasteiger partial charge in [-0.05, 0) is 19.4 Å². The molecule has 0 unspecified atom stereocenters. The Morgan fingerprint density at radius 2 is 2.15 bits per heavy atom. The molecule has 26 heavy (non-hydrogen) atoms. The third-order valence-electron chi connectivity index (χ3n) is 5.09. The van der Waals surface area contributed by atoms with E-state index in [9.17, 15) is 4.79 Å². The maximum Gasteiger partial charge on any atom is 0.293 e. The highest BCUT2D eigenvalue weighted by Crippen LogP contribution is 2.39. The Bertz CT molecular complexity index is 1020. The van der Waals surface area contributed by atoms with Crippen molar-refractivity contribution in [3.8, 4) is 0 Å². The summed E-state index contributed by atoms with van der Waals surface area (Å²) >= 11 is 1.64. The molecule has 0 spiro atoms. The number of hydrogen-bond donors (Lipinski definition) is 1. The van der Waals surface area contributed by atoms with E-state index in [0.29, 0.717) is 6.61 Å². The summed E-state index contributed by atoms with van der Waals surface area (Å²) in [5, 5.41) is 7.65. The molecule has 3 aromatic rings. The second-order valence-electron chi connectivity index (χ2n) is 7.52. The van der Waals surface area contributed by atoms with E-state index >= 15 is 0 Å². The van der Waals surface area contributed by atoms with E-state index in [2.05, 4.69) is 34.2 Å². The topological polar surface area (TPSA) is 89.2 Å². The van der Waals surface area contributed by atoms with Gasteiger partial charge in [-0.3, -0.25) is 4.79 Å². The molecule has 1 fully saturated rings. The Labute approximate surface area is 154 Å². The fourth-order valence-corrected chi connectivity index (χ4v) is 4.79. The van der Waals surface area contributed by atoms with Gasteiger partial charge in [0.15, 0.2) is 5.65 Å². The van der Waals surface area contributed by atoms with Gasteiger partial charge in [-0.25, -0.2) is 14.5 Å². The lowest BCUT2D eigenvalue weighted by atomic mass is 9.94. The smallest absolute Gasteiger partial charge is 0.293 e. The van der Waals surface area contributed by atoms with Crippen molar-refractivity contribution in [1.82, 2.24) is 24.5 Å². The molecule has 5 heterocycles. The first-order chi connectivity index (χ1) is 12.5. The normalized spacial score (nSPS) is 19.8. The number of hydrogen-bond acceptors (Lipinski definition) is 6. The van der Waals surface area contributed by atoms with Crippen LogP contribution in [-0.4, -0.2) is 62.2 Å². The second-order valence-corrected chi connectivity index (χ2v) is 8.60. The van der Waals surface area contributed by atoms with Crippen LogP contribution in [0.2, 0.25) is 0 Å². The van der Waals surface area contributed by atoms with Crippen LogP contribution in [0, 0.1) is 0 Å². The third-order valence-corrected chi connectivity index (χ3v) is 6.21. The van der Waals surface area contributed by atoms with E-state index in [1.165, 1.54) is 10.4 Å². The van der Waals surface area contributed by atoms with Crippen molar-refractivity contribution in [3.63, 3.8) is 0 Å². The van der Waals surface area contributed by atoms with Gasteiger partial charge >= 0.3 is 0 Å². The molecule has 0 bridgehead atoms. The maximum atomic E-state index is 12.8. The lowest BCUT2D eigenvalue weighted by Gasteiger charge is -2.30. The molecular formula is C17H21N6O2S+. The Kier molecular flexibility index (Phi) is 3.53. The van der Waals surface area contributed by atoms with Gasteiger partial charge in [-0.15, -0.1) is 16.4 Å². The lowest BCUT2D eigenvalue weighted by molar-refractivity contribution is -0.661. The molecule has 0 saturated carbocycles. The van der Waals surface area contributed by atoms with Crippen molar-refractivity contribution in [2.45, 2.75) is 32.5 Å². The first-order valence-corrected chi connectivity index (χ1v) is 9.74. The molecule has 0 atom stereocenters. The first-order valence-electron chi connectivity index (χ1n) is 8.92. The van der Waals surface area contributed by atoms with Gasteiger partial charge < -0.3 is 15.0 Å². The zero-order valence-corrected chi connectivity index (χ0v) is 15.7. The minimum absolute atomic E-state index is 0.0947. The predicted octanol–water partition coefficient (Wildman–Crippen LogP) is 0.210. The van der Waals surface area contributed by atoms with Crippen LogP contribution in [-0.2, 0) is 17.8 Å². The molecule has 0 aliphatic carbocycles. The molecule has 8 nitrogen and oxygen atoms in total. The molecule has 1 amide bonds. The number of piperazine rings is 1. The summed E-state index contributed by atoms with van der Waals surface area (Å²) in [6, 6.07) is 0. The molecule has 2 aliphatic rings. The zero-order valence-electron chi connectivity index (χ0n) is 14.9. The summed E-state index contributed by atoms with van der Waals surface area (Å²) in [4.78, 5) is 25.9. The van der Waals surface area contributed by atoms with E-state index < -0.39 is 0 Å². The first kappa shape index (κ1) is 16.1. The Balaban J connectivity index is 1.63. The van der Waals surface area contributed by atoms with Crippen molar-refractivity contribution in [3.05, 3.63) is 22.6 Å². The van der Waals surface area contributed by atoms with Crippen LogP contribution >= 0.6 is 11.3 Å². The quantitative estimate of drug-likeness (QED) is 0.659. The van der Waals surface area contributed by atoms with Crippen LogP contribution < -0.4 is 5.32 Å². The summed E-state index contributed by atoms with van der Waals surface area (Å²) in [6.45, 7) is 8.12.